The van der Waals surface area contributed by atoms with Crippen molar-refractivity contribution in [3.63, 3.8) is 0 Å². The smallest absolute Gasteiger partial charge is 0.316 e. The van der Waals surface area contributed by atoms with Gasteiger partial charge in [0, 0.05) is 24.5 Å². The van der Waals surface area contributed by atoms with Gasteiger partial charge < -0.3 is 14.6 Å². The van der Waals surface area contributed by atoms with Crippen LogP contribution in [0, 0.1) is 0 Å². The predicted molar refractivity (Wildman–Crippen MR) is 79.5 cm³/mol. The minimum atomic E-state index is -0.474. The number of amides is 1. The lowest BCUT2D eigenvalue weighted by atomic mass is 10.2. The van der Waals surface area contributed by atoms with E-state index in [1.165, 1.54) is 18.6 Å². The minimum absolute atomic E-state index is 0.138. The molecule has 0 unspecified atom stereocenters. The molecule has 0 saturated heterocycles. The van der Waals surface area contributed by atoms with Gasteiger partial charge in [0.2, 0.25) is 5.82 Å². The maximum absolute atomic E-state index is 12.1. The maximum Gasteiger partial charge on any atom is 0.316 e. The van der Waals surface area contributed by atoms with E-state index < -0.39 is 5.91 Å². The first-order chi connectivity index (χ1) is 11.3. The van der Waals surface area contributed by atoms with E-state index in [0.29, 0.717) is 11.4 Å². The number of hydrogen-bond donors (Lipinski definition) is 1. The van der Waals surface area contributed by atoms with Gasteiger partial charge in [-0.1, -0.05) is 23.4 Å². The van der Waals surface area contributed by atoms with Gasteiger partial charge in [-0.3, -0.25) is 9.78 Å². The highest BCUT2D eigenvalue weighted by atomic mass is 16.5. The van der Waals surface area contributed by atoms with Crippen LogP contribution in [0.1, 0.15) is 16.2 Å². The van der Waals surface area contributed by atoms with Gasteiger partial charge in [0.1, 0.15) is 11.4 Å². The Hall–Kier alpha value is -3.29. The third kappa shape index (κ3) is 3.31. The van der Waals surface area contributed by atoms with Crippen molar-refractivity contribution in [1.82, 2.24) is 25.4 Å². The molecule has 3 aromatic rings. The molecule has 2 heterocycles. The largest absolute Gasteiger partial charge is 0.496 e. The van der Waals surface area contributed by atoms with Crippen LogP contribution in [0.2, 0.25) is 0 Å². The average molecular weight is 311 g/mol. The Bertz CT molecular complexity index is 804. The summed E-state index contributed by atoms with van der Waals surface area (Å²) in [5.74, 6) is 0.290. The first kappa shape index (κ1) is 14.6. The Kier molecular flexibility index (Phi) is 4.23. The van der Waals surface area contributed by atoms with Crippen LogP contribution in [-0.4, -0.2) is 33.1 Å². The zero-order chi connectivity index (χ0) is 16.1. The van der Waals surface area contributed by atoms with Crippen LogP contribution >= 0.6 is 0 Å². The fourth-order valence-corrected chi connectivity index (χ4v) is 1.93. The molecule has 23 heavy (non-hydrogen) atoms. The molecular weight excluding hydrogens is 298 g/mol. The summed E-state index contributed by atoms with van der Waals surface area (Å²) in [5.41, 5.74) is 1.28. The number of hydrogen-bond acceptors (Lipinski definition) is 7. The number of carbonyl (C=O) groups excluding carboxylic acids is 1. The summed E-state index contributed by atoms with van der Waals surface area (Å²) in [7, 11) is 1.58. The van der Waals surface area contributed by atoms with Gasteiger partial charge in [0.05, 0.1) is 13.3 Å². The van der Waals surface area contributed by atoms with E-state index in [9.17, 15) is 4.79 Å². The molecule has 8 nitrogen and oxygen atoms in total. The number of nitrogens with one attached hydrogen (secondary N) is 1. The number of nitrogens with zero attached hydrogens (tertiary/aromatic N) is 4. The average Bonchev–Trinajstić information content (AvgIpc) is 3.11. The summed E-state index contributed by atoms with van der Waals surface area (Å²) < 4.78 is 10.2. The van der Waals surface area contributed by atoms with Crippen molar-refractivity contribution in [2.75, 3.05) is 7.11 Å². The van der Waals surface area contributed by atoms with E-state index in [4.69, 9.17) is 9.26 Å². The molecule has 3 rings (SSSR count). The van der Waals surface area contributed by atoms with Gasteiger partial charge in [0.25, 0.3) is 0 Å². The summed E-state index contributed by atoms with van der Waals surface area (Å²) in [6.07, 6.45) is 4.53. The number of ether oxygens (including phenoxy) is 1. The number of carbonyl (C=O) groups is 1. The quantitative estimate of drug-likeness (QED) is 0.761. The molecule has 0 atom stereocenters. The Morgan fingerprint density at radius 1 is 1.30 bits per heavy atom. The highest BCUT2D eigenvalue weighted by molar-refractivity contribution is 5.89. The summed E-state index contributed by atoms with van der Waals surface area (Å²) in [4.78, 5) is 24.0. The highest BCUT2D eigenvalue weighted by Crippen LogP contribution is 2.17. The fraction of sp³-hybridized carbons (Fsp3) is 0.133. The van der Waals surface area contributed by atoms with Crippen LogP contribution in [0.3, 0.4) is 0 Å². The lowest BCUT2D eigenvalue weighted by Crippen LogP contribution is -2.23. The zero-order valence-electron chi connectivity index (χ0n) is 12.3. The Labute approximate surface area is 131 Å². The molecule has 0 fully saturated rings. The number of para-hydroxylation sites is 1. The third-order valence-electron chi connectivity index (χ3n) is 3.04. The second-order valence-electron chi connectivity index (χ2n) is 4.51. The summed E-state index contributed by atoms with van der Waals surface area (Å²) >= 11 is 0. The van der Waals surface area contributed by atoms with E-state index in [0.717, 1.165) is 5.56 Å². The normalized spacial score (nSPS) is 10.3. The van der Waals surface area contributed by atoms with Crippen molar-refractivity contribution in [3.8, 4) is 17.3 Å². The predicted octanol–water partition coefficient (Wildman–Crippen LogP) is 1.47. The van der Waals surface area contributed by atoms with Crippen LogP contribution in [0.4, 0.5) is 0 Å². The van der Waals surface area contributed by atoms with Crippen molar-refractivity contribution in [1.29, 1.82) is 0 Å². The molecule has 1 amide bonds. The minimum Gasteiger partial charge on any atom is -0.496 e. The van der Waals surface area contributed by atoms with Crippen molar-refractivity contribution in [2.24, 2.45) is 0 Å². The van der Waals surface area contributed by atoms with Crippen molar-refractivity contribution in [2.45, 2.75) is 6.54 Å². The first-order valence-corrected chi connectivity index (χ1v) is 6.78. The molecule has 116 valence electrons. The van der Waals surface area contributed by atoms with E-state index in [-0.39, 0.29) is 18.3 Å². The van der Waals surface area contributed by atoms with Gasteiger partial charge in [-0.05, 0) is 6.07 Å². The van der Waals surface area contributed by atoms with E-state index in [2.05, 4.69) is 25.4 Å². The lowest BCUT2D eigenvalue weighted by Gasteiger charge is -2.07. The number of rotatable bonds is 5. The van der Waals surface area contributed by atoms with Crippen LogP contribution in [0.25, 0.3) is 11.5 Å². The molecule has 0 aliphatic rings. The van der Waals surface area contributed by atoms with Gasteiger partial charge >= 0.3 is 11.8 Å². The molecule has 1 N–H and O–H groups in total. The molecule has 0 bridgehead atoms. The summed E-state index contributed by atoms with van der Waals surface area (Å²) in [6.45, 7) is 0.283. The van der Waals surface area contributed by atoms with Gasteiger partial charge in [-0.25, -0.2) is 4.98 Å². The first-order valence-electron chi connectivity index (χ1n) is 6.78. The van der Waals surface area contributed by atoms with Crippen LogP contribution < -0.4 is 10.1 Å². The second-order valence-corrected chi connectivity index (χ2v) is 4.51. The number of aromatic nitrogens is 4. The molecule has 2 aromatic heterocycles. The van der Waals surface area contributed by atoms with Crippen molar-refractivity contribution < 1.29 is 14.1 Å². The Morgan fingerprint density at radius 3 is 2.96 bits per heavy atom. The molecule has 0 radical (unpaired) electrons. The van der Waals surface area contributed by atoms with E-state index >= 15 is 0 Å². The molecule has 1 aromatic carbocycles. The van der Waals surface area contributed by atoms with Gasteiger partial charge in [-0.15, -0.1) is 0 Å². The molecular formula is C15H13N5O3. The SMILES string of the molecule is COc1ccccc1CNC(=O)c1nc(-c2cnccn2)no1. The second kappa shape index (κ2) is 6.65. The van der Waals surface area contributed by atoms with Crippen LogP contribution in [0.5, 0.6) is 5.75 Å². The highest BCUT2D eigenvalue weighted by Gasteiger charge is 2.17. The van der Waals surface area contributed by atoms with E-state index in [1.54, 1.807) is 7.11 Å². The summed E-state index contributed by atoms with van der Waals surface area (Å²) in [6, 6.07) is 7.40. The van der Waals surface area contributed by atoms with E-state index in [1.807, 2.05) is 24.3 Å². The summed E-state index contributed by atoms with van der Waals surface area (Å²) in [5, 5.41) is 6.43. The third-order valence-corrected chi connectivity index (χ3v) is 3.04. The molecule has 0 aliphatic heterocycles. The lowest BCUT2D eigenvalue weighted by molar-refractivity contribution is 0.0906. The van der Waals surface area contributed by atoms with Crippen molar-refractivity contribution >= 4 is 5.91 Å². The molecule has 0 saturated carbocycles. The molecule has 0 spiro atoms. The Balaban J connectivity index is 1.68. The number of methoxy groups -OCH3 is 1. The standard InChI is InChI=1S/C15H13N5O3/c1-22-12-5-3-2-4-10(12)8-18-14(21)15-19-13(20-23-15)11-9-16-6-7-17-11/h2-7,9H,8H2,1H3,(H,18,21). The van der Waals surface area contributed by atoms with Crippen molar-refractivity contribution in [3.05, 3.63) is 54.3 Å². The molecule has 8 heteroatoms. The van der Waals surface area contributed by atoms with Crippen LogP contribution in [-0.2, 0) is 6.54 Å². The maximum atomic E-state index is 12.1. The van der Waals surface area contributed by atoms with Gasteiger partial charge in [0.15, 0.2) is 0 Å². The van der Waals surface area contributed by atoms with Gasteiger partial charge in [-0.2, -0.15) is 4.98 Å². The fourth-order valence-electron chi connectivity index (χ4n) is 1.93. The zero-order valence-corrected chi connectivity index (χ0v) is 12.3. The van der Waals surface area contributed by atoms with Crippen LogP contribution in [0.15, 0.2) is 47.4 Å². The Morgan fingerprint density at radius 2 is 2.17 bits per heavy atom. The molecule has 0 aliphatic carbocycles. The topological polar surface area (TPSA) is 103 Å². The number of benzene rings is 1. The monoisotopic (exact) mass is 311 g/mol.